The molecule has 1 aliphatic heterocycles. The third-order valence-corrected chi connectivity index (χ3v) is 7.54. The molecule has 1 amide bonds. The van der Waals surface area contributed by atoms with Gasteiger partial charge in [0.2, 0.25) is 5.91 Å². The number of nitrogens with one attached hydrogen (secondary N) is 1. The van der Waals surface area contributed by atoms with Crippen LogP contribution < -0.4 is 5.32 Å². The van der Waals surface area contributed by atoms with Gasteiger partial charge in [-0.05, 0) is 55.0 Å². The van der Waals surface area contributed by atoms with E-state index in [9.17, 15) is 14.7 Å². The summed E-state index contributed by atoms with van der Waals surface area (Å²) in [5.41, 5.74) is 1.63. The first-order chi connectivity index (χ1) is 16.8. The molecular formula is C30H36N2O3. The SMILES string of the molecule is C[C@@H](NC[C@@H]1CN(C(=O)CCC(C)(C)C(=O)O)C[C@@H]1c1ccccc1)c1cccc2ccccc12. The molecule has 184 valence electrons. The van der Waals surface area contributed by atoms with E-state index in [4.69, 9.17) is 0 Å². The highest BCUT2D eigenvalue weighted by Crippen LogP contribution is 2.34. The van der Waals surface area contributed by atoms with Gasteiger partial charge < -0.3 is 15.3 Å². The Bertz CT molecular complexity index is 1170. The predicted octanol–water partition coefficient (Wildman–Crippen LogP) is 5.62. The second-order valence-corrected chi connectivity index (χ2v) is 10.5. The number of carbonyl (C=O) groups is 2. The number of carbonyl (C=O) groups excluding carboxylic acids is 1. The third-order valence-electron chi connectivity index (χ3n) is 7.54. The molecular weight excluding hydrogens is 436 g/mol. The third kappa shape index (κ3) is 5.73. The minimum Gasteiger partial charge on any atom is -0.481 e. The van der Waals surface area contributed by atoms with E-state index < -0.39 is 11.4 Å². The van der Waals surface area contributed by atoms with Gasteiger partial charge >= 0.3 is 5.97 Å². The van der Waals surface area contributed by atoms with Crippen molar-refractivity contribution in [1.29, 1.82) is 0 Å². The fourth-order valence-electron chi connectivity index (χ4n) is 5.11. The summed E-state index contributed by atoms with van der Waals surface area (Å²) < 4.78 is 0. The van der Waals surface area contributed by atoms with Crippen LogP contribution in [0.3, 0.4) is 0 Å². The van der Waals surface area contributed by atoms with E-state index in [1.54, 1.807) is 13.8 Å². The number of hydrogen-bond donors (Lipinski definition) is 2. The molecule has 0 radical (unpaired) electrons. The average molecular weight is 473 g/mol. The number of likely N-dealkylation sites (tertiary alicyclic amines) is 1. The van der Waals surface area contributed by atoms with Crippen LogP contribution in [0.1, 0.15) is 56.7 Å². The molecule has 1 aliphatic rings. The van der Waals surface area contributed by atoms with Crippen molar-refractivity contribution in [1.82, 2.24) is 10.2 Å². The molecule has 1 saturated heterocycles. The van der Waals surface area contributed by atoms with E-state index in [1.807, 2.05) is 11.0 Å². The predicted molar refractivity (Wildman–Crippen MR) is 140 cm³/mol. The largest absolute Gasteiger partial charge is 0.481 e. The molecule has 3 atom stereocenters. The quantitative estimate of drug-likeness (QED) is 0.424. The van der Waals surface area contributed by atoms with Gasteiger partial charge in [-0.1, -0.05) is 72.8 Å². The summed E-state index contributed by atoms with van der Waals surface area (Å²) in [5, 5.41) is 15.7. The number of nitrogens with zero attached hydrogens (tertiary/aromatic N) is 1. The summed E-state index contributed by atoms with van der Waals surface area (Å²) in [4.78, 5) is 26.4. The normalized spacial score (nSPS) is 19.1. The topological polar surface area (TPSA) is 69.6 Å². The number of hydrogen-bond acceptors (Lipinski definition) is 3. The second-order valence-electron chi connectivity index (χ2n) is 10.5. The molecule has 0 unspecified atom stereocenters. The zero-order valence-corrected chi connectivity index (χ0v) is 20.9. The van der Waals surface area contributed by atoms with Gasteiger partial charge in [0, 0.05) is 38.0 Å². The molecule has 0 aliphatic carbocycles. The van der Waals surface area contributed by atoms with Gasteiger partial charge in [-0.2, -0.15) is 0 Å². The zero-order valence-electron chi connectivity index (χ0n) is 20.9. The minimum atomic E-state index is -0.900. The first kappa shape index (κ1) is 24.9. The molecule has 0 spiro atoms. The highest BCUT2D eigenvalue weighted by Gasteiger charge is 2.37. The Hall–Kier alpha value is -3.18. The summed E-state index contributed by atoms with van der Waals surface area (Å²) in [5.74, 6) is -0.283. The van der Waals surface area contributed by atoms with Crippen molar-refractivity contribution in [3.05, 3.63) is 83.9 Å². The van der Waals surface area contributed by atoms with Crippen LogP contribution in [-0.4, -0.2) is 41.5 Å². The van der Waals surface area contributed by atoms with Gasteiger partial charge in [0.25, 0.3) is 0 Å². The lowest BCUT2D eigenvalue weighted by Gasteiger charge is -2.23. The Morgan fingerprint density at radius 3 is 2.43 bits per heavy atom. The first-order valence-corrected chi connectivity index (χ1v) is 12.5. The maximum absolute atomic E-state index is 13.1. The standard InChI is InChI=1S/C30H36N2O3/c1-21(25-15-9-13-22-12-7-8-14-26(22)25)31-18-24-19-32(20-27(24)23-10-5-4-6-11-23)28(33)16-17-30(2,3)29(34)35/h4-15,21,24,27,31H,16-20H2,1-3H3,(H,34,35)/t21-,24-,27-/m1/s1. The maximum atomic E-state index is 13.1. The van der Waals surface area contributed by atoms with Crippen molar-refractivity contribution in [3.8, 4) is 0 Å². The minimum absolute atomic E-state index is 0.0462. The summed E-state index contributed by atoms with van der Waals surface area (Å²) in [6, 6.07) is 25.5. The smallest absolute Gasteiger partial charge is 0.309 e. The Morgan fingerprint density at radius 1 is 1.00 bits per heavy atom. The fourth-order valence-corrected chi connectivity index (χ4v) is 5.11. The Balaban J connectivity index is 1.46. The van der Waals surface area contributed by atoms with Crippen molar-refractivity contribution in [2.24, 2.45) is 11.3 Å². The van der Waals surface area contributed by atoms with E-state index in [2.05, 4.69) is 79.0 Å². The number of carboxylic acid groups (broad SMARTS) is 1. The molecule has 1 heterocycles. The van der Waals surface area contributed by atoms with Gasteiger partial charge in [0.15, 0.2) is 0 Å². The summed E-state index contributed by atoms with van der Waals surface area (Å²) in [6.45, 7) is 7.72. The highest BCUT2D eigenvalue weighted by molar-refractivity contribution is 5.86. The van der Waals surface area contributed by atoms with Gasteiger partial charge in [-0.25, -0.2) is 0 Å². The van der Waals surface area contributed by atoms with Crippen molar-refractivity contribution in [2.45, 2.75) is 45.6 Å². The number of aliphatic carboxylic acids is 1. The Morgan fingerprint density at radius 2 is 1.69 bits per heavy atom. The number of fused-ring (bicyclic) bond motifs is 1. The number of rotatable bonds is 9. The van der Waals surface area contributed by atoms with Gasteiger partial charge in [0.1, 0.15) is 0 Å². The van der Waals surface area contributed by atoms with Crippen LogP contribution in [0, 0.1) is 11.3 Å². The van der Waals surface area contributed by atoms with Crippen molar-refractivity contribution >= 4 is 22.6 Å². The first-order valence-electron chi connectivity index (χ1n) is 12.5. The lowest BCUT2D eigenvalue weighted by molar-refractivity contribution is -0.147. The molecule has 3 aromatic carbocycles. The van der Waals surface area contributed by atoms with Gasteiger partial charge in [0.05, 0.1) is 5.41 Å². The summed E-state index contributed by atoms with van der Waals surface area (Å²) in [6.07, 6.45) is 0.599. The van der Waals surface area contributed by atoms with Crippen LogP contribution in [0.15, 0.2) is 72.8 Å². The fraction of sp³-hybridized carbons (Fsp3) is 0.400. The van der Waals surface area contributed by atoms with Crippen LogP contribution in [0.5, 0.6) is 0 Å². The van der Waals surface area contributed by atoms with E-state index in [0.29, 0.717) is 19.5 Å². The molecule has 5 nitrogen and oxygen atoms in total. The Kier molecular flexibility index (Phi) is 7.56. The van der Waals surface area contributed by atoms with Crippen LogP contribution in [-0.2, 0) is 9.59 Å². The molecule has 1 fully saturated rings. The number of benzene rings is 3. The molecule has 3 aromatic rings. The summed E-state index contributed by atoms with van der Waals surface area (Å²) in [7, 11) is 0. The van der Waals surface area contributed by atoms with Crippen molar-refractivity contribution < 1.29 is 14.7 Å². The van der Waals surface area contributed by atoms with Gasteiger partial charge in [-0.15, -0.1) is 0 Å². The molecule has 0 saturated carbocycles. The zero-order chi connectivity index (χ0) is 25.0. The monoisotopic (exact) mass is 472 g/mol. The van der Waals surface area contributed by atoms with E-state index in [-0.39, 0.29) is 30.2 Å². The molecule has 35 heavy (non-hydrogen) atoms. The van der Waals surface area contributed by atoms with Crippen LogP contribution >= 0.6 is 0 Å². The lowest BCUT2D eigenvalue weighted by atomic mass is 9.88. The lowest BCUT2D eigenvalue weighted by Crippen LogP contribution is -2.33. The number of carboxylic acids is 1. The summed E-state index contributed by atoms with van der Waals surface area (Å²) >= 11 is 0. The molecule has 0 aromatic heterocycles. The van der Waals surface area contributed by atoms with E-state index in [1.165, 1.54) is 21.9 Å². The number of amides is 1. The van der Waals surface area contributed by atoms with E-state index in [0.717, 1.165) is 6.54 Å². The highest BCUT2D eigenvalue weighted by atomic mass is 16.4. The second kappa shape index (κ2) is 10.6. The van der Waals surface area contributed by atoms with Crippen LogP contribution in [0.25, 0.3) is 10.8 Å². The molecule has 4 rings (SSSR count). The molecule has 2 N–H and O–H groups in total. The van der Waals surface area contributed by atoms with Crippen LogP contribution in [0.4, 0.5) is 0 Å². The molecule has 5 heteroatoms. The van der Waals surface area contributed by atoms with Crippen molar-refractivity contribution in [3.63, 3.8) is 0 Å². The molecule has 0 bridgehead atoms. The van der Waals surface area contributed by atoms with Crippen molar-refractivity contribution in [2.75, 3.05) is 19.6 Å². The average Bonchev–Trinajstić information content (AvgIpc) is 3.30. The Labute approximate surface area is 208 Å². The van der Waals surface area contributed by atoms with E-state index >= 15 is 0 Å². The maximum Gasteiger partial charge on any atom is 0.309 e. The van der Waals surface area contributed by atoms with Crippen LogP contribution in [0.2, 0.25) is 0 Å². The van der Waals surface area contributed by atoms with Gasteiger partial charge in [-0.3, -0.25) is 9.59 Å².